The molecule has 0 radical (unpaired) electrons. The van der Waals surface area contributed by atoms with Gasteiger partial charge in [-0.05, 0) is 42.0 Å². The zero-order chi connectivity index (χ0) is 21.1. The Kier molecular flexibility index (Phi) is 5.87. The number of nitrogens with zero attached hydrogens (tertiary/aromatic N) is 3. The van der Waals surface area contributed by atoms with Crippen LogP contribution in [0.2, 0.25) is 0 Å². The lowest BCUT2D eigenvalue weighted by molar-refractivity contribution is 0.0623. The first-order valence-corrected chi connectivity index (χ1v) is 10.5. The van der Waals surface area contributed by atoms with Gasteiger partial charge in [0.15, 0.2) is 0 Å². The Labute approximate surface area is 177 Å². The zero-order valence-corrected chi connectivity index (χ0v) is 17.1. The molecule has 0 saturated carbocycles. The molecule has 2 amide bonds. The van der Waals surface area contributed by atoms with E-state index in [1.165, 1.54) is 23.5 Å². The standard InChI is InChI=1S/C22H21FN4O2S/c23-18-7-5-17(6-8-18)21-25-19(14-30-21)22(29)27-11-9-26(10-12-27)13-15-1-3-16(4-2-15)20(24)28/h1-8,14H,9-13H2,(H2,24,28). The van der Waals surface area contributed by atoms with Crippen LogP contribution in [-0.2, 0) is 6.54 Å². The lowest BCUT2D eigenvalue weighted by atomic mass is 10.1. The Balaban J connectivity index is 1.33. The molecule has 30 heavy (non-hydrogen) atoms. The Morgan fingerprint density at radius 2 is 1.67 bits per heavy atom. The van der Waals surface area contributed by atoms with Gasteiger partial charge in [-0.25, -0.2) is 9.37 Å². The van der Waals surface area contributed by atoms with E-state index in [-0.39, 0.29) is 11.7 Å². The van der Waals surface area contributed by atoms with Gasteiger partial charge in [0.1, 0.15) is 16.5 Å². The maximum atomic E-state index is 13.1. The van der Waals surface area contributed by atoms with Crippen LogP contribution in [0.3, 0.4) is 0 Å². The highest BCUT2D eigenvalue weighted by atomic mass is 32.1. The van der Waals surface area contributed by atoms with Crippen LogP contribution in [-0.4, -0.2) is 52.8 Å². The van der Waals surface area contributed by atoms with Gasteiger partial charge >= 0.3 is 0 Å². The summed E-state index contributed by atoms with van der Waals surface area (Å²) in [7, 11) is 0. The third-order valence-corrected chi connectivity index (χ3v) is 6.01. The molecule has 4 rings (SSSR count). The number of halogens is 1. The maximum absolute atomic E-state index is 13.1. The SMILES string of the molecule is NC(=O)c1ccc(CN2CCN(C(=O)c3csc(-c4ccc(F)cc4)n3)CC2)cc1. The molecule has 154 valence electrons. The average molecular weight is 425 g/mol. The molecule has 1 aliphatic rings. The number of rotatable bonds is 5. The number of hydrogen-bond donors (Lipinski definition) is 1. The molecule has 1 aromatic heterocycles. The van der Waals surface area contributed by atoms with Gasteiger partial charge in [-0.15, -0.1) is 11.3 Å². The highest BCUT2D eigenvalue weighted by molar-refractivity contribution is 7.13. The molecular formula is C22H21FN4O2S. The second-order valence-corrected chi connectivity index (χ2v) is 8.03. The highest BCUT2D eigenvalue weighted by Gasteiger charge is 2.24. The molecule has 0 spiro atoms. The van der Waals surface area contributed by atoms with Crippen molar-refractivity contribution in [2.45, 2.75) is 6.54 Å². The van der Waals surface area contributed by atoms with Gasteiger partial charge in [-0.3, -0.25) is 14.5 Å². The van der Waals surface area contributed by atoms with Crippen LogP contribution in [0.5, 0.6) is 0 Å². The molecular weight excluding hydrogens is 403 g/mol. The molecule has 3 aromatic rings. The fourth-order valence-electron chi connectivity index (χ4n) is 3.40. The summed E-state index contributed by atoms with van der Waals surface area (Å²) in [6, 6.07) is 13.4. The third-order valence-electron chi connectivity index (χ3n) is 5.12. The lowest BCUT2D eigenvalue weighted by Crippen LogP contribution is -2.48. The van der Waals surface area contributed by atoms with E-state index in [0.29, 0.717) is 29.4 Å². The fraction of sp³-hybridized carbons (Fsp3) is 0.227. The van der Waals surface area contributed by atoms with Gasteiger partial charge in [0.05, 0.1) is 0 Å². The van der Waals surface area contributed by atoms with Crippen LogP contribution in [0, 0.1) is 5.82 Å². The first-order chi connectivity index (χ1) is 14.5. The van der Waals surface area contributed by atoms with Gasteiger partial charge in [0, 0.05) is 49.2 Å². The number of amides is 2. The van der Waals surface area contributed by atoms with Crippen molar-refractivity contribution in [2.24, 2.45) is 5.73 Å². The Bertz CT molecular complexity index is 1040. The topological polar surface area (TPSA) is 79.5 Å². The van der Waals surface area contributed by atoms with Crippen molar-refractivity contribution >= 4 is 23.2 Å². The molecule has 1 fully saturated rings. The number of nitrogens with two attached hydrogens (primary N) is 1. The molecule has 1 aliphatic heterocycles. The molecule has 2 heterocycles. The number of carbonyl (C=O) groups is 2. The van der Waals surface area contributed by atoms with E-state index < -0.39 is 5.91 Å². The summed E-state index contributed by atoms with van der Waals surface area (Å²) in [6.07, 6.45) is 0. The Hall–Kier alpha value is -3.10. The van der Waals surface area contributed by atoms with E-state index >= 15 is 0 Å². The minimum absolute atomic E-state index is 0.0786. The normalized spacial score (nSPS) is 14.6. The second-order valence-electron chi connectivity index (χ2n) is 7.17. The molecule has 1 saturated heterocycles. The van der Waals surface area contributed by atoms with Crippen LogP contribution in [0.1, 0.15) is 26.4 Å². The van der Waals surface area contributed by atoms with Crippen LogP contribution in [0.4, 0.5) is 4.39 Å². The van der Waals surface area contributed by atoms with Crippen molar-refractivity contribution in [1.29, 1.82) is 0 Å². The third kappa shape index (κ3) is 4.55. The van der Waals surface area contributed by atoms with Crippen LogP contribution in [0.25, 0.3) is 10.6 Å². The first-order valence-electron chi connectivity index (χ1n) is 9.61. The zero-order valence-electron chi connectivity index (χ0n) is 16.3. The summed E-state index contributed by atoms with van der Waals surface area (Å²) < 4.78 is 13.1. The summed E-state index contributed by atoms with van der Waals surface area (Å²) in [5, 5.41) is 2.46. The van der Waals surface area contributed by atoms with E-state index in [0.717, 1.165) is 30.8 Å². The summed E-state index contributed by atoms with van der Waals surface area (Å²) in [6.45, 7) is 3.53. The van der Waals surface area contributed by atoms with Gasteiger partial charge in [-0.1, -0.05) is 12.1 Å². The Morgan fingerprint density at radius 3 is 2.30 bits per heavy atom. The quantitative estimate of drug-likeness (QED) is 0.683. The predicted octanol–water partition coefficient (Wildman–Crippen LogP) is 3.01. The average Bonchev–Trinajstić information content (AvgIpc) is 3.25. The summed E-state index contributed by atoms with van der Waals surface area (Å²) in [5.41, 5.74) is 8.10. The second kappa shape index (κ2) is 8.73. The van der Waals surface area contributed by atoms with E-state index in [9.17, 15) is 14.0 Å². The Morgan fingerprint density at radius 1 is 1.00 bits per heavy atom. The molecule has 0 unspecified atom stereocenters. The number of primary amides is 1. The van der Waals surface area contributed by atoms with E-state index in [1.807, 2.05) is 17.0 Å². The monoisotopic (exact) mass is 424 g/mol. The smallest absolute Gasteiger partial charge is 0.273 e. The number of piperazine rings is 1. The number of hydrogen-bond acceptors (Lipinski definition) is 5. The number of thiazole rings is 1. The van der Waals surface area contributed by atoms with Gasteiger partial charge in [0.25, 0.3) is 5.91 Å². The molecule has 2 aromatic carbocycles. The van der Waals surface area contributed by atoms with Crippen molar-refractivity contribution in [3.8, 4) is 10.6 Å². The maximum Gasteiger partial charge on any atom is 0.273 e. The fourth-order valence-corrected chi connectivity index (χ4v) is 4.20. The van der Waals surface area contributed by atoms with Crippen molar-refractivity contribution in [2.75, 3.05) is 26.2 Å². The number of benzene rings is 2. The van der Waals surface area contributed by atoms with Gasteiger partial charge in [0.2, 0.25) is 5.91 Å². The lowest BCUT2D eigenvalue weighted by Gasteiger charge is -2.34. The summed E-state index contributed by atoms with van der Waals surface area (Å²) >= 11 is 1.38. The molecule has 0 bridgehead atoms. The van der Waals surface area contributed by atoms with Gasteiger partial charge in [-0.2, -0.15) is 0 Å². The van der Waals surface area contributed by atoms with E-state index in [4.69, 9.17) is 5.73 Å². The van der Waals surface area contributed by atoms with Crippen molar-refractivity contribution in [3.63, 3.8) is 0 Å². The van der Waals surface area contributed by atoms with Crippen LogP contribution in [0.15, 0.2) is 53.9 Å². The van der Waals surface area contributed by atoms with Crippen molar-refractivity contribution < 1.29 is 14.0 Å². The van der Waals surface area contributed by atoms with Crippen LogP contribution < -0.4 is 5.73 Å². The molecule has 2 N–H and O–H groups in total. The highest BCUT2D eigenvalue weighted by Crippen LogP contribution is 2.24. The number of carbonyl (C=O) groups excluding carboxylic acids is 2. The molecule has 6 nitrogen and oxygen atoms in total. The first kappa shape index (κ1) is 20.2. The summed E-state index contributed by atoms with van der Waals surface area (Å²) in [5.74, 6) is -0.809. The molecule has 8 heteroatoms. The molecule has 0 atom stereocenters. The van der Waals surface area contributed by atoms with E-state index in [2.05, 4.69) is 9.88 Å². The largest absolute Gasteiger partial charge is 0.366 e. The predicted molar refractivity (Wildman–Crippen MR) is 114 cm³/mol. The van der Waals surface area contributed by atoms with Crippen LogP contribution >= 0.6 is 11.3 Å². The number of aromatic nitrogens is 1. The summed E-state index contributed by atoms with van der Waals surface area (Å²) in [4.78, 5) is 32.5. The minimum Gasteiger partial charge on any atom is -0.366 e. The molecule has 0 aliphatic carbocycles. The van der Waals surface area contributed by atoms with Crippen molar-refractivity contribution in [3.05, 3.63) is 76.5 Å². The van der Waals surface area contributed by atoms with E-state index in [1.54, 1.807) is 29.6 Å². The van der Waals surface area contributed by atoms with Crippen molar-refractivity contribution in [1.82, 2.24) is 14.8 Å². The van der Waals surface area contributed by atoms with Gasteiger partial charge < -0.3 is 10.6 Å². The minimum atomic E-state index is -0.432.